The molecule has 0 aliphatic carbocycles. The lowest BCUT2D eigenvalue weighted by atomic mass is 10.1. The smallest absolute Gasteiger partial charge is 0.374 e. The van der Waals surface area contributed by atoms with Gasteiger partial charge in [-0.2, -0.15) is 0 Å². The Hall–Kier alpha value is -1.97. The van der Waals surface area contributed by atoms with E-state index in [0.29, 0.717) is 5.56 Å². The Morgan fingerprint density at radius 3 is 2.27 bits per heavy atom. The second kappa shape index (κ2) is 5.05. The van der Waals surface area contributed by atoms with Crippen molar-refractivity contribution in [1.29, 1.82) is 0 Å². The van der Waals surface area contributed by atoms with Crippen molar-refractivity contribution in [3.8, 4) is 0 Å². The van der Waals surface area contributed by atoms with Gasteiger partial charge in [-0.25, -0.2) is 4.79 Å². The highest BCUT2D eigenvalue weighted by Crippen LogP contribution is 2.00. The first kappa shape index (κ1) is 11.1. The number of benzene rings is 1. The van der Waals surface area contributed by atoms with Crippen molar-refractivity contribution in [3.63, 3.8) is 0 Å². The minimum atomic E-state index is -0.987. The summed E-state index contributed by atoms with van der Waals surface area (Å²) in [7, 11) is 0. The SMILES string of the molecule is CC(=O)C(=O)OCC(=O)c1ccccc1. The van der Waals surface area contributed by atoms with Gasteiger partial charge in [0.25, 0.3) is 0 Å². The molecule has 0 amide bonds. The van der Waals surface area contributed by atoms with Crippen molar-refractivity contribution in [3.05, 3.63) is 35.9 Å². The summed E-state index contributed by atoms with van der Waals surface area (Å²) in [6.45, 7) is 0.692. The maximum Gasteiger partial charge on any atom is 0.374 e. The van der Waals surface area contributed by atoms with E-state index in [0.717, 1.165) is 6.92 Å². The van der Waals surface area contributed by atoms with E-state index in [9.17, 15) is 14.4 Å². The Morgan fingerprint density at radius 1 is 1.13 bits per heavy atom. The third kappa shape index (κ3) is 3.34. The number of ether oxygens (including phenoxy) is 1. The molecule has 0 heterocycles. The number of esters is 1. The third-order valence-corrected chi connectivity index (χ3v) is 1.72. The van der Waals surface area contributed by atoms with Crippen LogP contribution in [0.25, 0.3) is 0 Å². The monoisotopic (exact) mass is 206 g/mol. The molecule has 0 aliphatic rings. The number of ketones is 2. The highest BCUT2D eigenvalue weighted by atomic mass is 16.5. The van der Waals surface area contributed by atoms with E-state index in [1.165, 1.54) is 0 Å². The van der Waals surface area contributed by atoms with Crippen LogP contribution in [0.5, 0.6) is 0 Å². The number of rotatable bonds is 4. The summed E-state index contributed by atoms with van der Waals surface area (Å²) in [6, 6.07) is 8.42. The molecule has 4 nitrogen and oxygen atoms in total. The molecule has 0 saturated heterocycles. The summed E-state index contributed by atoms with van der Waals surface area (Å²) < 4.78 is 4.48. The Bertz CT molecular complexity index is 381. The minimum Gasteiger partial charge on any atom is -0.452 e. The summed E-state index contributed by atoms with van der Waals surface area (Å²) in [5.41, 5.74) is 0.453. The Morgan fingerprint density at radius 2 is 1.73 bits per heavy atom. The van der Waals surface area contributed by atoms with Gasteiger partial charge in [0.1, 0.15) is 0 Å². The molecule has 0 atom stereocenters. The molecule has 1 aromatic rings. The highest BCUT2D eigenvalue weighted by molar-refractivity contribution is 6.32. The normalized spacial score (nSPS) is 9.40. The van der Waals surface area contributed by atoms with Gasteiger partial charge in [-0.05, 0) is 0 Å². The summed E-state index contributed by atoms with van der Waals surface area (Å²) in [4.78, 5) is 32.6. The van der Waals surface area contributed by atoms with Gasteiger partial charge in [-0.3, -0.25) is 9.59 Å². The molecular formula is C11H10O4. The van der Waals surface area contributed by atoms with Crippen molar-refractivity contribution in [2.75, 3.05) is 6.61 Å². The fourth-order valence-corrected chi connectivity index (χ4v) is 0.940. The number of carbonyl (C=O) groups is 3. The van der Waals surface area contributed by atoms with Crippen LogP contribution in [-0.4, -0.2) is 24.1 Å². The molecule has 1 aromatic carbocycles. The maximum absolute atomic E-state index is 11.4. The first-order valence-electron chi connectivity index (χ1n) is 4.37. The van der Waals surface area contributed by atoms with Gasteiger partial charge < -0.3 is 4.74 Å². The van der Waals surface area contributed by atoms with Gasteiger partial charge in [-0.1, -0.05) is 30.3 Å². The quantitative estimate of drug-likeness (QED) is 0.419. The Kier molecular flexibility index (Phi) is 3.74. The second-order valence-corrected chi connectivity index (χ2v) is 2.92. The molecule has 0 aliphatic heterocycles. The molecule has 78 valence electrons. The largest absolute Gasteiger partial charge is 0.452 e. The van der Waals surface area contributed by atoms with Crippen LogP contribution in [0.2, 0.25) is 0 Å². The summed E-state index contributed by atoms with van der Waals surface area (Å²) in [5.74, 6) is -2.03. The standard InChI is InChI=1S/C11H10O4/c1-8(12)11(14)15-7-10(13)9-5-3-2-4-6-9/h2-6H,7H2,1H3. The zero-order valence-corrected chi connectivity index (χ0v) is 8.23. The first-order valence-corrected chi connectivity index (χ1v) is 4.37. The van der Waals surface area contributed by atoms with Crippen LogP contribution < -0.4 is 0 Å². The van der Waals surface area contributed by atoms with E-state index in [4.69, 9.17) is 0 Å². The van der Waals surface area contributed by atoms with E-state index in [1.54, 1.807) is 30.3 Å². The first-order chi connectivity index (χ1) is 7.11. The van der Waals surface area contributed by atoms with Gasteiger partial charge in [0, 0.05) is 12.5 Å². The van der Waals surface area contributed by atoms with Crippen molar-refractivity contribution in [2.45, 2.75) is 6.92 Å². The van der Waals surface area contributed by atoms with Crippen molar-refractivity contribution in [1.82, 2.24) is 0 Å². The fourth-order valence-electron chi connectivity index (χ4n) is 0.940. The molecule has 0 aromatic heterocycles. The lowest BCUT2D eigenvalue weighted by Crippen LogP contribution is -2.19. The van der Waals surface area contributed by atoms with Gasteiger partial charge in [0.15, 0.2) is 12.4 Å². The average Bonchev–Trinajstić information content (AvgIpc) is 2.26. The van der Waals surface area contributed by atoms with Crippen LogP contribution in [0.4, 0.5) is 0 Å². The Labute approximate surface area is 86.9 Å². The van der Waals surface area contributed by atoms with Crippen molar-refractivity contribution < 1.29 is 19.1 Å². The lowest BCUT2D eigenvalue weighted by Gasteiger charge is -2.01. The average molecular weight is 206 g/mol. The predicted molar refractivity (Wildman–Crippen MR) is 52.4 cm³/mol. The fraction of sp³-hybridized carbons (Fsp3) is 0.182. The number of Topliss-reactive ketones (excluding diaryl/α,β-unsaturated/α-hetero) is 2. The highest BCUT2D eigenvalue weighted by Gasteiger charge is 2.12. The molecule has 0 unspecified atom stereocenters. The Balaban J connectivity index is 2.51. The van der Waals surface area contributed by atoms with E-state index < -0.39 is 18.4 Å². The van der Waals surface area contributed by atoms with Crippen LogP contribution in [-0.2, 0) is 14.3 Å². The summed E-state index contributed by atoms with van der Waals surface area (Å²) in [6.07, 6.45) is 0. The van der Waals surface area contributed by atoms with Crippen LogP contribution in [0.3, 0.4) is 0 Å². The van der Waals surface area contributed by atoms with Crippen molar-refractivity contribution >= 4 is 17.5 Å². The topological polar surface area (TPSA) is 60.4 Å². The predicted octanol–water partition coefficient (Wildman–Crippen LogP) is 1.00. The van der Waals surface area contributed by atoms with Crippen LogP contribution in [0, 0.1) is 0 Å². The molecule has 0 radical (unpaired) electrons. The molecule has 0 spiro atoms. The third-order valence-electron chi connectivity index (χ3n) is 1.72. The lowest BCUT2D eigenvalue weighted by molar-refractivity contribution is -0.152. The van der Waals surface area contributed by atoms with E-state index >= 15 is 0 Å². The van der Waals surface area contributed by atoms with E-state index in [-0.39, 0.29) is 5.78 Å². The summed E-state index contributed by atoms with van der Waals surface area (Å²) >= 11 is 0. The van der Waals surface area contributed by atoms with E-state index in [2.05, 4.69) is 4.74 Å². The number of carbonyl (C=O) groups excluding carboxylic acids is 3. The van der Waals surface area contributed by atoms with Crippen LogP contribution in [0.1, 0.15) is 17.3 Å². The molecule has 0 saturated carbocycles. The summed E-state index contributed by atoms with van der Waals surface area (Å²) in [5, 5.41) is 0. The van der Waals surface area contributed by atoms with Crippen molar-refractivity contribution in [2.24, 2.45) is 0 Å². The molecule has 1 rings (SSSR count). The van der Waals surface area contributed by atoms with Gasteiger partial charge >= 0.3 is 5.97 Å². The maximum atomic E-state index is 11.4. The molecule has 0 fully saturated rings. The molecule has 4 heteroatoms. The molecule has 0 N–H and O–H groups in total. The second-order valence-electron chi connectivity index (χ2n) is 2.92. The zero-order valence-electron chi connectivity index (χ0n) is 8.23. The zero-order chi connectivity index (χ0) is 11.3. The van der Waals surface area contributed by atoms with Crippen LogP contribution in [0.15, 0.2) is 30.3 Å². The van der Waals surface area contributed by atoms with Gasteiger partial charge in [0.05, 0.1) is 0 Å². The number of hydrogen-bond donors (Lipinski definition) is 0. The van der Waals surface area contributed by atoms with Gasteiger partial charge in [0.2, 0.25) is 5.78 Å². The molecule has 15 heavy (non-hydrogen) atoms. The minimum absolute atomic E-state index is 0.329. The van der Waals surface area contributed by atoms with Gasteiger partial charge in [-0.15, -0.1) is 0 Å². The van der Waals surface area contributed by atoms with E-state index in [1.807, 2.05) is 0 Å². The molecular weight excluding hydrogens is 196 g/mol. The number of hydrogen-bond acceptors (Lipinski definition) is 4. The molecule has 0 bridgehead atoms. The van der Waals surface area contributed by atoms with Crippen LogP contribution >= 0.6 is 0 Å².